The number of carbonyl (C=O) groups excluding carboxylic acids is 1. The highest BCUT2D eigenvalue weighted by atomic mass is 16.3. The Labute approximate surface area is 124 Å². The van der Waals surface area contributed by atoms with Crippen LogP contribution in [-0.2, 0) is 11.2 Å². The average Bonchev–Trinajstić information content (AvgIpc) is 3.00. The molecule has 1 fully saturated rings. The van der Waals surface area contributed by atoms with E-state index in [1.54, 1.807) is 6.20 Å². The molecule has 1 amide bonds. The minimum absolute atomic E-state index is 0.0363. The fraction of sp³-hybridized carbons (Fsp3) is 0.412. The number of hydrogen-bond acceptors (Lipinski definition) is 3. The molecular weight excluding hydrogens is 264 g/mol. The Hall–Kier alpha value is -2.10. The van der Waals surface area contributed by atoms with Gasteiger partial charge >= 0.3 is 0 Å². The maximum atomic E-state index is 11.9. The zero-order chi connectivity index (χ0) is 14.8. The van der Waals surface area contributed by atoms with Crippen molar-refractivity contribution in [2.75, 3.05) is 5.32 Å². The van der Waals surface area contributed by atoms with E-state index in [2.05, 4.69) is 17.2 Å². The Kier molecular flexibility index (Phi) is 3.78. The predicted molar refractivity (Wildman–Crippen MR) is 81.2 cm³/mol. The Morgan fingerprint density at radius 3 is 2.95 bits per heavy atom. The molecule has 0 radical (unpaired) electrons. The number of hydrogen-bond donors (Lipinski definition) is 1. The van der Waals surface area contributed by atoms with Crippen LogP contribution in [0.25, 0.3) is 0 Å². The van der Waals surface area contributed by atoms with Crippen molar-refractivity contribution in [1.29, 1.82) is 0 Å². The van der Waals surface area contributed by atoms with Crippen molar-refractivity contribution in [2.45, 2.75) is 39.0 Å². The van der Waals surface area contributed by atoms with Crippen molar-refractivity contribution in [3.05, 3.63) is 47.5 Å². The van der Waals surface area contributed by atoms with Gasteiger partial charge in [-0.2, -0.15) is 0 Å². The first-order valence-corrected chi connectivity index (χ1v) is 7.43. The summed E-state index contributed by atoms with van der Waals surface area (Å²) < 4.78 is 5.80. The Balaban J connectivity index is 1.50. The number of rotatable bonds is 5. The molecule has 0 spiro atoms. The zero-order valence-corrected chi connectivity index (χ0v) is 12.4. The normalized spacial score (nSPS) is 20.3. The summed E-state index contributed by atoms with van der Waals surface area (Å²) in [6.45, 7) is 4.20. The Morgan fingerprint density at radius 1 is 1.43 bits per heavy atom. The van der Waals surface area contributed by atoms with E-state index < -0.39 is 0 Å². The standard InChI is InChI=1S/C17H20N2O2/c1-11-7-8-18-16(9-11)19-17(20)6-4-13-3-5-15(21-13)14-10-12(14)2/h3,5,7-9,12,14H,4,6,10H2,1-2H3,(H,18,19,20)/t12-,14+/m0/s1. The third-order valence-corrected chi connectivity index (χ3v) is 3.94. The topological polar surface area (TPSA) is 55.1 Å². The molecule has 1 N–H and O–H groups in total. The van der Waals surface area contributed by atoms with Gasteiger partial charge in [0, 0.05) is 25.0 Å². The van der Waals surface area contributed by atoms with Crippen molar-refractivity contribution in [3.63, 3.8) is 0 Å². The number of nitrogens with one attached hydrogen (secondary N) is 1. The predicted octanol–water partition coefficient (Wildman–Crippen LogP) is 3.68. The van der Waals surface area contributed by atoms with E-state index in [1.165, 1.54) is 6.42 Å². The summed E-state index contributed by atoms with van der Waals surface area (Å²) in [5, 5.41) is 2.81. The first-order chi connectivity index (χ1) is 10.1. The van der Waals surface area contributed by atoms with Crippen LogP contribution in [0.4, 0.5) is 5.82 Å². The fourth-order valence-corrected chi connectivity index (χ4v) is 2.49. The lowest BCUT2D eigenvalue weighted by Gasteiger charge is -2.04. The molecule has 0 aromatic carbocycles. The highest BCUT2D eigenvalue weighted by Gasteiger charge is 2.36. The average molecular weight is 284 g/mol. The molecule has 4 heteroatoms. The molecule has 1 aliphatic rings. The van der Waals surface area contributed by atoms with E-state index in [0.29, 0.717) is 24.6 Å². The van der Waals surface area contributed by atoms with Crippen LogP contribution in [0.3, 0.4) is 0 Å². The second-order valence-electron chi connectivity index (χ2n) is 5.89. The van der Waals surface area contributed by atoms with Gasteiger partial charge in [-0.25, -0.2) is 4.98 Å². The van der Waals surface area contributed by atoms with Gasteiger partial charge in [0.2, 0.25) is 5.91 Å². The summed E-state index contributed by atoms with van der Waals surface area (Å²) >= 11 is 0. The number of furan rings is 1. The third kappa shape index (κ3) is 3.51. The van der Waals surface area contributed by atoms with E-state index in [-0.39, 0.29) is 5.91 Å². The number of aromatic nitrogens is 1. The molecule has 0 saturated heterocycles. The molecule has 2 aromatic heterocycles. The van der Waals surface area contributed by atoms with Gasteiger partial charge in [-0.1, -0.05) is 6.92 Å². The summed E-state index contributed by atoms with van der Waals surface area (Å²) in [5.41, 5.74) is 1.08. The summed E-state index contributed by atoms with van der Waals surface area (Å²) in [6, 6.07) is 7.79. The van der Waals surface area contributed by atoms with Gasteiger partial charge in [-0.05, 0) is 49.1 Å². The van der Waals surface area contributed by atoms with Gasteiger partial charge in [0.15, 0.2) is 0 Å². The van der Waals surface area contributed by atoms with Gasteiger partial charge in [0.05, 0.1) is 0 Å². The quantitative estimate of drug-likeness (QED) is 0.911. The molecule has 1 saturated carbocycles. The molecule has 2 heterocycles. The van der Waals surface area contributed by atoms with Crippen LogP contribution < -0.4 is 5.32 Å². The van der Waals surface area contributed by atoms with Crippen molar-refractivity contribution in [1.82, 2.24) is 4.98 Å². The van der Waals surface area contributed by atoms with Crippen molar-refractivity contribution < 1.29 is 9.21 Å². The van der Waals surface area contributed by atoms with Crippen LogP contribution in [0.5, 0.6) is 0 Å². The SMILES string of the molecule is Cc1ccnc(NC(=O)CCc2ccc([C@@H]3C[C@@H]3C)o2)c1. The van der Waals surface area contributed by atoms with E-state index >= 15 is 0 Å². The molecule has 3 rings (SSSR count). The van der Waals surface area contributed by atoms with Crippen molar-refractivity contribution in [2.24, 2.45) is 5.92 Å². The first-order valence-electron chi connectivity index (χ1n) is 7.43. The highest BCUT2D eigenvalue weighted by molar-refractivity contribution is 5.89. The summed E-state index contributed by atoms with van der Waals surface area (Å²) in [7, 11) is 0. The van der Waals surface area contributed by atoms with E-state index in [4.69, 9.17) is 4.42 Å². The molecule has 0 bridgehead atoms. The van der Waals surface area contributed by atoms with Gasteiger partial charge in [-0.3, -0.25) is 4.79 Å². The van der Waals surface area contributed by atoms with E-state index in [1.807, 2.05) is 31.2 Å². The van der Waals surface area contributed by atoms with Gasteiger partial charge in [-0.15, -0.1) is 0 Å². The summed E-state index contributed by atoms with van der Waals surface area (Å²) in [5.74, 6) is 3.84. The van der Waals surface area contributed by atoms with Gasteiger partial charge in [0.1, 0.15) is 17.3 Å². The molecule has 0 aliphatic heterocycles. The molecule has 1 aliphatic carbocycles. The van der Waals surface area contributed by atoms with E-state index in [0.717, 1.165) is 23.0 Å². The molecule has 2 atom stereocenters. The zero-order valence-electron chi connectivity index (χ0n) is 12.4. The highest BCUT2D eigenvalue weighted by Crippen LogP contribution is 2.47. The van der Waals surface area contributed by atoms with Crippen molar-refractivity contribution >= 4 is 11.7 Å². The van der Waals surface area contributed by atoms with E-state index in [9.17, 15) is 4.79 Å². The number of nitrogens with zero attached hydrogens (tertiary/aromatic N) is 1. The van der Waals surface area contributed by atoms with Crippen LogP contribution in [0.15, 0.2) is 34.9 Å². The number of pyridine rings is 1. The Bertz CT molecular complexity index is 648. The second-order valence-corrected chi connectivity index (χ2v) is 5.89. The largest absolute Gasteiger partial charge is 0.466 e. The minimum Gasteiger partial charge on any atom is -0.466 e. The number of carbonyl (C=O) groups is 1. The van der Waals surface area contributed by atoms with Crippen LogP contribution in [0.2, 0.25) is 0 Å². The van der Waals surface area contributed by atoms with Gasteiger partial charge in [0.25, 0.3) is 0 Å². The van der Waals surface area contributed by atoms with Crippen LogP contribution in [0, 0.1) is 12.8 Å². The fourth-order valence-electron chi connectivity index (χ4n) is 2.49. The molecule has 2 aromatic rings. The van der Waals surface area contributed by atoms with Crippen LogP contribution >= 0.6 is 0 Å². The minimum atomic E-state index is -0.0363. The molecule has 110 valence electrons. The van der Waals surface area contributed by atoms with Crippen molar-refractivity contribution in [3.8, 4) is 0 Å². The smallest absolute Gasteiger partial charge is 0.225 e. The molecular formula is C17H20N2O2. The molecule has 0 unspecified atom stereocenters. The number of aryl methyl sites for hydroxylation is 2. The van der Waals surface area contributed by atoms with Gasteiger partial charge < -0.3 is 9.73 Å². The Morgan fingerprint density at radius 2 is 2.24 bits per heavy atom. The lowest BCUT2D eigenvalue weighted by atomic mass is 10.2. The number of amides is 1. The summed E-state index contributed by atoms with van der Waals surface area (Å²) in [6.07, 6.45) is 3.94. The summed E-state index contributed by atoms with van der Waals surface area (Å²) in [4.78, 5) is 16.0. The number of anilines is 1. The first kappa shape index (κ1) is 13.9. The lowest BCUT2D eigenvalue weighted by Crippen LogP contribution is -2.13. The monoisotopic (exact) mass is 284 g/mol. The van der Waals surface area contributed by atoms with Crippen LogP contribution in [0.1, 0.15) is 42.8 Å². The van der Waals surface area contributed by atoms with Crippen LogP contribution in [-0.4, -0.2) is 10.9 Å². The third-order valence-electron chi connectivity index (χ3n) is 3.94. The maximum absolute atomic E-state index is 11.9. The molecule has 4 nitrogen and oxygen atoms in total. The molecule has 21 heavy (non-hydrogen) atoms. The second kappa shape index (κ2) is 5.72. The maximum Gasteiger partial charge on any atom is 0.225 e. The lowest BCUT2D eigenvalue weighted by molar-refractivity contribution is -0.116.